The Kier molecular flexibility index (Phi) is 3.47. The van der Waals surface area contributed by atoms with Crippen LogP contribution in [0.25, 0.3) is 0 Å². The predicted octanol–water partition coefficient (Wildman–Crippen LogP) is 2.08. The van der Waals surface area contributed by atoms with Crippen LogP contribution < -0.4 is 11.3 Å². The molecule has 4 unspecified atom stereocenters. The van der Waals surface area contributed by atoms with Gasteiger partial charge in [0.25, 0.3) is 0 Å². The summed E-state index contributed by atoms with van der Waals surface area (Å²) in [5.41, 5.74) is 3.02. The molecule has 0 radical (unpaired) electrons. The Morgan fingerprint density at radius 2 is 2.47 bits per heavy atom. The van der Waals surface area contributed by atoms with E-state index in [9.17, 15) is 0 Å². The summed E-state index contributed by atoms with van der Waals surface area (Å²) in [6.07, 6.45) is 6.90. The maximum Gasteiger partial charge on any atom is 0.0624 e. The van der Waals surface area contributed by atoms with E-state index in [2.05, 4.69) is 22.9 Å². The van der Waals surface area contributed by atoms with Crippen LogP contribution in [0.1, 0.15) is 30.6 Å². The largest absolute Gasteiger partial charge is 0.375 e. The van der Waals surface area contributed by atoms with Gasteiger partial charge in [-0.1, -0.05) is 6.07 Å². The van der Waals surface area contributed by atoms with E-state index in [1.807, 2.05) is 11.3 Å². The van der Waals surface area contributed by atoms with E-state index in [-0.39, 0.29) is 0 Å². The molecule has 1 aromatic heterocycles. The second-order valence-corrected chi connectivity index (χ2v) is 6.20. The quantitative estimate of drug-likeness (QED) is 0.623. The van der Waals surface area contributed by atoms with Crippen molar-refractivity contribution in [1.29, 1.82) is 0 Å². The summed E-state index contributed by atoms with van der Waals surface area (Å²) in [6.45, 7) is 0. The molecule has 3 nitrogen and oxygen atoms in total. The maximum absolute atomic E-state index is 5.91. The highest BCUT2D eigenvalue weighted by Gasteiger charge is 2.43. The minimum Gasteiger partial charge on any atom is -0.375 e. The Balaban J connectivity index is 1.56. The first kappa shape index (κ1) is 11.7. The lowest BCUT2D eigenvalue weighted by Gasteiger charge is -2.27. The topological polar surface area (TPSA) is 47.3 Å². The van der Waals surface area contributed by atoms with Gasteiger partial charge in [-0.2, -0.15) is 0 Å². The molecule has 17 heavy (non-hydrogen) atoms. The van der Waals surface area contributed by atoms with Crippen molar-refractivity contribution in [3.05, 3.63) is 22.4 Å². The minimum atomic E-state index is 0.410. The monoisotopic (exact) mass is 252 g/mol. The number of nitrogens with one attached hydrogen (secondary N) is 1. The van der Waals surface area contributed by atoms with Crippen LogP contribution in [0.3, 0.4) is 0 Å². The molecule has 2 aliphatic heterocycles. The first-order chi connectivity index (χ1) is 8.36. The molecule has 3 heterocycles. The Bertz CT molecular complexity index is 354. The van der Waals surface area contributed by atoms with Gasteiger partial charge in [0.1, 0.15) is 0 Å². The van der Waals surface area contributed by atoms with Crippen LogP contribution >= 0.6 is 11.3 Å². The summed E-state index contributed by atoms with van der Waals surface area (Å²) in [5.74, 6) is 6.35. The number of hydrazine groups is 1. The SMILES string of the molecule is NNC(CCc1cccs1)C1CC2CCC1O2. The standard InChI is InChI=1S/C13H20N2OS/c14-15-12(5-4-10-2-1-7-17-10)11-8-9-3-6-13(11)16-9/h1-2,7,9,11-13,15H,3-6,8,14H2. The highest BCUT2D eigenvalue weighted by molar-refractivity contribution is 7.09. The molecule has 4 heteroatoms. The summed E-state index contributed by atoms with van der Waals surface area (Å²) in [4.78, 5) is 1.45. The lowest BCUT2D eigenvalue weighted by molar-refractivity contribution is 0.0850. The molecule has 0 aliphatic carbocycles. The molecular formula is C13H20N2OS. The number of hydrogen-bond acceptors (Lipinski definition) is 4. The number of thiophene rings is 1. The molecule has 1 aromatic rings. The number of hydrogen-bond donors (Lipinski definition) is 2. The lowest BCUT2D eigenvalue weighted by Crippen LogP contribution is -2.44. The first-order valence-corrected chi connectivity index (χ1v) is 7.39. The third-order valence-electron chi connectivity index (χ3n) is 4.17. The highest BCUT2D eigenvalue weighted by atomic mass is 32.1. The third-order valence-corrected chi connectivity index (χ3v) is 5.10. The van der Waals surface area contributed by atoms with E-state index in [1.54, 1.807) is 0 Å². The van der Waals surface area contributed by atoms with Gasteiger partial charge < -0.3 is 4.74 Å². The average Bonchev–Trinajstić information content (AvgIpc) is 3.07. The average molecular weight is 252 g/mol. The van der Waals surface area contributed by atoms with Crippen molar-refractivity contribution < 1.29 is 4.74 Å². The van der Waals surface area contributed by atoms with Gasteiger partial charge in [-0.25, -0.2) is 0 Å². The van der Waals surface area contributed by atoms with E-state index >= 15 is 0 Å². The summed E-state index contributed by atoms with van der Waals surface area (Å²) in [5, 5.41) is 2.14. The van der Waals surface area contributed by atoms with Crippen LogP contribution in [0.5, 0.6) is 0 Å². The lowest BCUT2D eigenvalue weighted by atomic mass is 9.82. The third kappa shape index (κ3) is 2.40. The Hall–Kier alpha value is -0.420. The van der Waals surface area contributed by atoms with E-state index in [1.165, 1.54) is 24.1 Å². The Morgan fingerprint density at radius 3 is 3.06 bits per heavy atom. The fourth-order valence-corrected chi connectivity index (χ4v) is 4.00. The summed E-state index contributed by atoms with van der Waals surface area (Å²) >= 11 is 1.83. The van der Waals surface area contributed by atoms with Crippen molar-refractivity contribution in [2.24, 2.45) is 11.8 Å². The van der Waals surface area contributed by atoms with Gasteiger partial charge in [0.05, 0.1) is 12.2 Å². The molecule has 94 valence electrons. The van der Waals surface area contributed by atoms with Crippen molar-refractivity contribution in [1.82, 2.24) is 5.43 Å². The molecule has 4 atom stereocenters. The molecule has 0 aromatic carbocycles. The smallest absolute Gasteiger partial charge is 0.0624 e. The second kappa shape index (κ2) is 5.06. The van der Waals surface area contributed by atoms with E-state index in [4.69, 9.17) is 10.6 Å². The highest BCUT2D eigenvalue weighted by Crippen LogP contribution is 2.41. The predicted molar refractivity (Wildman–Crippen MR) is 69.8 cm³/mol. The molecule has 3 N–H and O–H groups in total. The molecule has 2 bridgehead atoms. The van der Waals surface area contributed by atoms with E-state index < -0.39 is 0 Å². The minimum absolute atomic E-state index is 0.410. The van der Waals surface area contributed by atoms with Crippen LogP contribution in [0.15, 0.2) is 17.5 Å². The number of ether oxygens (including phenoxy) is 1. The van der Waals surface area contributed by atoms with Gasteiger partial charge >= 0.3 is 0 Å². The second-order valence-electron chi connectivity index (χ2n) is 5.16. The number of rotatable bonds is 5. The molecule has 2 aliphatic rings. The van der Waals surface area contributed by atoms with Gasteiger partial charge in [-0.3, -0.25) is 11.3 Å². The van der Waals surface area contributed by atoms with Crippen molar-refractivity contribution in [3.63, 3.8) is 0 Å². The molecule has 2 saturated heterocycles. The molecule has 0 saturated carbocycles. The van der Waals surface area contributed by atoms with Crippen LogP contribution in [-0.2, 0) is 11.2 Å². The van der Waals surface area contributed by atoms with Gasteiger partial charge in [-0.05, 0) is 43.6 Å². The first-order valence-electron chi connectivity index (χ1n) is 6.51. The molecule has 0 amide bonds. The zero-order valence-electron chi connectivity index (χ0n) is 9.97. The number of nitrogens with two attached hydrogens (primary N) is 1. The normalized spacial score (nSPS) is 33.1. The summed E-state index contributed by atoms with van der Waals surface area (Å²) in [7, 11) is 0. The van der Waals surface area contributed by atoms with E-state index in [0.717, 1.165) is 12.8 Å². The van der Waals surface area contributed by atoms with Gasteiger partial charge in [0, 0.05) is 16.8 Å². The fourth-order valence-electron chi connectivity index (χ4n) is 3.27. The van der Waals surface area contributed by atoms with Crippen LogP contribution in [0, 0.1) is 5.92 Å². The molecular weight excluding hydrogens is 232 g/mol. The summed E-state index contributed by atoms with van der Waals surface area (Å²) < 4.78 is 5.91. The van der Waals surface area contributed by atoms with Crippen LogP contribution in [-0.4, -0.2) is 18.2 Å². The number of fused-ring (bicyclic) bond motifs is 2. The number of aryl methyl sites for hydroxylation is 1. The zero-order chi connectivity index (χ0) is 11.7. The molecule has 3 rings (SSSR count). The van der Waals surface area contributed by atoms with Gasteiger partial charge in [-0.15, -0.1) is 11.3 Å². The van der Waals surface area contributed by atoms with Gasteiger partial charge in [0.15, 0.2) is 0 Å². The molecule has 2 fully saturated rings. The molecule has 0 spiro atoms. The summed E-state index contributed by atoms with van der Waals surface area (Å²) in [6, 6.07) is 4.73. The van der Waals surface area contributed by atoms with Crippen LogP contribution in [0.4, 0.5) is 0 Å². The van der Waals surface area contributed by atoms with Crippen molar-refractivity contribution in [2.75, 3.05) is 0 Å². The zero-order valence-corrected chi connectivity index (χ0v) is 10.8. The fraction of sp³-hybridized carbons (Fsp3) is 0.692. The van der Waals surface area contributed by atoms with Crippen LogP contribution in [0.2, 0.25) is 0 Å². The van der Waals surface area contributed by atoms with Gasteiger partial charge in [0.2, 0.25) is 0 Å². The van der Waals surface area contributed by atoms with Crippen molar-refractivity contribution in [3.8, 4) is 0 Å². The van der Waals surface area contributed by atoms with Crippen molar-refractivity contribution >= 4 is 11.3 Å². The maximum atomic E-state index is 5.91. The Morgan fingerprint density at radius 1 is 1.53 bits per heavy atom. The van der Waals surface area contributed by atoms with E-state index in [0.29, 0.717) is 24.2 Å². The Labute approximate surface area is 106 Å². The van der Waals surface area contributed by atoms with Crippen molar-refractivity contribution in [2.45, 2.75) is 50.4 Å².